The van der Waals surface area contributed by atoms with Crippen LogP contribution in [0.4, 0.5) is 0 Å². The normalized spacial score (nSPS) is 31.0. The zero-order chi connectivity index (χ0) is 17.1. The quantitative estimate of drug-likeness (QED) is 0.191. The van der Waals surface area contributed by atoms with Crippen molar-refractivity contribution in [1.29, 1.82) is 0 Å². The Morgan fingerprint density at radius 2 is 2.00 bits per heavy atom. The Labute approximate surface area is 124 Å². The van der Waals surface area contributed by atoms with E-state index in [0.717, 1.165) is 16.8 Å². The third kappa shape index (κ3) is 4.16. The van der Waals surface area contributed by atoms with E-state index in [1.54, 1.807) is 0 Å². The van der Waals surface area contributed by atoms with Gasteiger partial charge in [0.25, 0.3) is 5.56 Å². The summed E-state index contributed by atoms with van der Waals surface area (Å²) in [6.45, 7) is -0.574. The molecule has 0 bridgehead atoms. The van der Waals surface area contributed by atoms with Gasteiger partial charge in [-0.25, -0.2) is 4.79 Å². The van der Waals surface area contributed by atoms with E-state index >= 15 is 0 Å². The van der Waals surface area contributed by atoms with Gasteiger partial charge in [0.05, 0.1) is 6.61 Å². The smallest absolute Gasteiger partial charge is 0.330 e. The van der Waals surface area contributed by atoms with Crippen molar-refractivity contribution in [2.75, 3.05) is 6.61 Å². The number of H-pyrrole nitrogens is 1. The monoisotopic (exact) mass is 340 g/mol. The first-order valence-electron chi connectivity index (χ1n) is 5.81. The fourth-order valence-corrected chi connectivity index (χ4v) is 1.84. The molecule has 0 saturated carbocycles. The lowest BCUT2D eigenvalue weighted by Crippen LogP contribution is -2.56. The molecule has 126 valence electrons. The number of nitrogens with one attached hydrogen (secondary N) is 1. The minimum absolute atomic E-state index is 0.574. The number of nitrogens with zero attached hydrogens (tertiary/aromatic N) is 1. The van der Waals surface area contributed by atoms with Crippen LogP contribution >= 0.6 is 8.53 Å². The first-order chi connectivity index (χ1) is 10.1. The summed E-state index contributed by atoms with van der Waals surface area (Å²) in [5, 5.41) is 28.5. The van der Waals surface area contributed by atoms with Crippen LogP contribution in [0.15, 0.2) is 21.9 Å². The number of aliphatic hydroxyl groups is 3. The summed E-state index contributed by atoms with van der Waals surface area (Å²) >= 11 is 0. The number of hydrogen-bond acceptors (Lipinski definition) is 10. The molecule has 2 heterocycles. The molecular weight excluding hydrogens is 323 g/mol. The fraction of sp³-hybridized carbons (Fsp3) is 0.556. The third-order valence-electron chi connectivity index (χ3n) is 2.81. The minimum atomic E-state index is -2.25. The number of aromatic nitrogens is 2. The second-order valence-corrected chi connectivity index (χ2v) is 5.02. The van der Waals surface area contributed by atoms with Gasteiger partial charge in [-0.2, -0.15) is 0 Å². The summed E-state index contributed by atoms with van der Waals surface area (Å²) in [7, 11) is -2.12. The molecule has 4 atom stereocenters. The average Bonchev–Trinajstić information content (AvgIpc) is 2.61. The van der Waals surface area contributed by atoms with E-state index < -0.39 is 50.5 Å². The molecule has 1 fully saturated rings. The van der Waals surface area contributed by atoms with Crippen LogP contribution in [-0.2, 0) is 4.74 Å². The number of aliphatic hydroxyl groups excluding tert-OH is 2. The lowest BCUT2D eigenvalue weighted by Gasteiger charge is -2.26. The predicted molar refractivity (Wildman–Crippen MR) is 73.0 cm³/mol. The minimum Gasteiger partial charge on any atom is -0.394 e. The van der Waals surface area contributed by atoms with Crippen molar-refractivity contribution in [3.05, 3.63) is 33.1 Å². The molecule has 0 amide bonds. The Kier molecular flexibility index (Phi) is 6.31. The zero-order valence-electron chi connectivity index (χ0n) is 11.1. The molecule has 0 aliphatic carbocycles. The predicted octanol–water partition coefficient (Wildman–Crippen LogP) is -4.41. The summed E-state index contributed by atoms with van der Waals surface area (Å²) in [6, 6.07) is 1.04. The zero-order valence-corrected chi connectivity index (χ0v) is 12.0. The second kappa shape index (κ2) is 7.37. The van der Waals surface area contributed by atoms with Crippen LogP contribution < -0.4 is 22.5 Å². The van der Waals surface area contributed by atoms with E-state index in [2.05, 4.69) is 5.50 Å². The maximum Gasteiger partial charge on any atom is 0.330 e. The highest BCUT2D eigenvalue weighted by Gasteiger charge is 2.54. The van der Waals surface area contributed by atoms with Gasteiger partial charge in [-0.15, -0.1) is 0 Å². The van der Waals surface area contributed by atoms with Gasteiger partial charge in [-0.3, -0.25) is 25.6 Å². The van der Waals surface area contributed by atoms with E-state index in [1.807, 2.05) is 4.98 Å². The Balaban J connectivity index is 0.000000541. The van der Waals surface area contributed by atoms with E-state index in [-0.39, 0.29) is 0 Å². The summed E-state index contributed by atoms with van der Waals surface area (Å²) in [6.07, 6.45) is -3.01. The topological polar surface area (TPSA) is 217 Å². The largest absolute Gasteiger partial charge is 0.394 e. The highest BCUT2D eigenvalue weighted by atomic mass is 31.2. The summed E-state index contributed by atoms with van der Waals surface area (Å²) in [4.78, 5) is 39.3. The molecule has 1 aliphatic heterocycles. The number of rotatable bonds is 2. The Morgan fingerprint density at radius 3 is 2.41 bits per heavy atom. The molecule has 13 heteroatoms. The maximum atomic E-state index is 11.5. The standard InChI is InChI=1S/C9H13N3O6.H4NO2P/c10-9(17)6(15)4(3-13)18-7(9)12-2-1-5(14)11-8(12)16;1-4(2)3/h1-2,4,6-7,13,15,17H,3,10H2,(H,11,14,16);2-3H,1H2/t4-,6-,7-,9-;/m1./s1. The van der Waals surface area contributed by atoms with E-state index in [1.165, 1.54) is 0 Å². The molecule has 2 rings (SSSR count). The highest BCUT2D eigenvalue weighted by Crippen LogP contribution is 2.33. The lowest BCUT2D eigenvalue weighted by molar-refractivity contribution is -0.107. The summed E-state index contributed by atoms with van der Waals surface area (Å²) in [5.41, 5.74) is 6.06. The second-order valence-electron chi connectivity index (χ2n) is 4.38. The Bertz CT molecular complexity index is 599. The van der Waals surface area contributed by atoms with Crippen LogP contribution in [0.3, 0.4) is 0 Å². The average molecular weight is 340 g/mol. The van der Waals surface area contributed by atoms with Gasteiger partial charge in [0.15, 0.2) is 12.0 Å². The van der Waals surface area contributed by atoms with Gasteiger partial charge < -0.3 is 29.8 Å². The molecule has 1 saturated heterocycles. The van der Waals surface area contributed by atoms with Crippen LogP contribution in [0.2, 0.25) is 0 Å². The van der Waals surface area contributed by atoms with Crippen LogP contribution in [0.1, 0.15) is 6.23 Å². The molecule has 0 spiro atoms. The molecule has 1 aromatic rings. The molecule has 10 N–H and O–H groups in total. The van der Waals surface area contributed by atoms with Crippen molar-refractivity contribution in [1.82, 2.24) is 9.55 Å². The molecule has 1 aliphatic rings. The van der Waals surface area contributed by atoms with Crippen molar-refractivity contribution in [2.45, 2.75) is 24.2 Å². The highest BCUT2D eigenvalue weighted by molar-refractivity contribution is 7.42. The van der Waals surface area contributed by atoms with Crippen LogP contribution in [-0.4, -0.2) is 59.2 Å². The van der Waals surface area contributed by atoms with Gasteiger partial charge in [0.1, 0.15) is 12.2 Å². The van der Waals surface area contributed by atoms with Crippen molar-refractivity contribution in [2.24, 2.45) is 11.2 Å². The Morgan fingerprint density at radius 1 is 1.45 bits per heavy atom. The molecule has 12 nitrogen and oxygen atoms in total. The lowest BCUT2D eigenvalue weighted by atomic mass is 10.1. The number of aromatic amines is 1. The molecule has 22 heavy (non-hydrogen) atoms. The first kappa shape index (κ1) is 18.8. The van der Waals surface area contributed by atoms with Crippen molar-refractivity contribution >= 4 is 8.53 Å². The van der Waals surface area contributed by atoms with Gasteiger partial charge in [0.2, 0.25) is 8.53 Å². The van der Waals surface area contributed by atoms with Gasteiger partial charge in [-0.05, 0) is 0 Å². The van der Waals surface area contributed by atoms with Crippen molar-refractivity contribution in [3.8, 4) is 0 Å². The van der Waals surface area contributed by atoms with E-state index in [4.69, 9.17) is 25.4 Å². The third-order valence-corrected chi connectivity index (χ3v) is 2.81. The molecular formula is C9H17N4O8P. The first-order valence-corrected chi connectivity index (χ1v) is 7.12. The van der Waals surface area contributed by atoms with Gasteiger partial charge in [0, 0.05) is 12.3 Å². The van der Waals surface area contributed by atoms with Gasteiger partial charge in [-0.1, -0.05) is 0 Å². The SMILES string of the molecule is NP(O)O.N[C@@]1(O)[C@H](O)[C@@H](CO)O[C@H]1n1ccc(=O)[nH]c1=O. The summed E-state index contributed by atoms with van der Waals surface area (Å²) < 4.78 is 5.94. The molecule has 1 aromatic heterocycles. The Hall–Kier alpha value is -1.21. The maximum absolute atomic E-state index is 11.5. The van der Waals surface area contributed by atoms with Gasteiger partial charge >= 0.3 is 5.69 Å². The molecule has 0 radical (unpaired) electrons. The van der Waals surface area contributed by atoms with Crippen LogP contribution in [0.25, 0.3) is 0 Å². The van der Waals surface area contributed by atoms with E-state index in [0.29, 0.717) is 0 Å². The number of ether oxygens (including phenoxy) is 1. The molecule has 0 aromatic carbocycles. The number of nitrogens with two attached hydrogens (primary N) is 2. The number of hydrogen-bond donors (Lipinski definition) is 8. The van der Waals surface area contributed by atoms with Crippen molar-refractivity contribution in [3.63, 3.8) is 0 Å². The molecule has 0 unspecified atom stereocenters. The summed E-state index contributed by atoms with van der Waals surface area (Å²) in [5.74, 6) is 0. The van der Waals surface area contributed by atoms with E-state index in [9.17, 15) is 19.8 Å². The van der Waals surface area contributed by atoms with Crippen LogP contribution in [0, 0.1) is 0 Å². The fourth-order valence-electron chi connectivity index (χ4n) is 1.84. The van der Waals surface area contributed by atoms with Crippen LogP contribution in [0.5, 0.6) is 0 Å². The van der Waals surface area contributed by atoms with Crippen molar-refractivity contribution < 1.29 is 29.8 Å².